The molecule has 0 N–H and O–H groups in total. The fourth-order valence-corrected chi connectivity index (χ4v) is 5.50. The van der Waals surface area contributed by atoms with Gasteiger partial charge in [-0.25, -0.2) is 13.6 Å². The number of aromatic nitrogens is 3. The maximum absolute atomic E-state index is 16.3. The molecule has 1 amide bonds. The molecular weight excluding hydrogens is 536 g/mol. The zero-order valence-electron chi connectivity index (χ0n) is 28.5. The minimum Gasteiger partial charge on any atom is -0.350 e. The lowest BCUT2D eigenvalue weighted by Crippen LogP contribution is -2.54. The summed E-state index contributed by atoms with van der Waals surface area (Å²) >= 11 is 0. The number of pyridine rings is 1. The molecule has 1 aliphatic rings. The molecule has 1 aliphatic heterocycles. The van der Waals surface area contributed by atoms with E-state index in [1.165, 1.54) is 35.4 Å². The lowest BCUT2D eigenvalue weighted by atomic mass is 9.97. The minimum atomic E-state index is -2.65. The highest BCUT2D eigenvalue weighted by Gasteiger charge is 2.31. The van der Waals surface area contributed by atoms with Crippen LogP contribution in [0, 0.1) is 12.7 Å². The number of anilines is 1. The largest absolute Gasteiger partial charge is 0.354 e. The number of nitrogens with zero attached hydrogens (tertiary/aromatic N) is 5. The Balaban J connectivity index is 1.86. The number of hydrogen-bond acceptors (Lipinski definition) is 5. The Bertz CT molecular complexity index is 1990. The second kappa shape index (κ2) is 11.3. The van der Waals surface area contributed by atoms with E-state index in [0.717, 1.165) is 4.57 Å². The van der Waals surface area contributed by atoms with E-state index in [2.05, 4.69) is 16.5 Å². The monoisotopic (exact) mass is 574 g/mol. The van der Waals surface area contributed by atoms with Crippen LogP contribution in [0.25, 0.3) is 33.8 Å². The molecule has 0 spiro atoms. The Morgan fingerprint density at radius 1 is 1.21 bits per heavy atom. The minimum absolute atomic E-state index is 0.0202. The van der Waals surface area contributed by atoms with E-state index >= 15 is 4.39 Å². The van der Waals surface area contributed by atoms with E-state index in [1.807, 2.05) is 13.8 Å². The van der Waals surface area contributed by atoms with Gasteiger partial charge in [0.25, 0.3) is 5.91 Å². The fourth-order valence-electron chi connectivity index (χ4n) is 5.50. The molecular formula is C33H33F2N5O2. The number of hydrogen-bond donors (Lipinski definition) is 0. The molecule has 0 saturated carbocycles. The number of rotatable bonds is 6. The molecule has 0 aliphatic carbocycles. The van der Waals surface area contributed by atoms with Gasteiger partial charge in [0.15, 0.2) is 5.83 Å². The lowest BCUT2D eigenvalue weighted by Gasteiger charge is -2.40. The third-order valence-corrected chi connectivity index (χ3v) is 7.51. The van der Waals surface area contributed by atoms with Crippen LogP contribution in [-0.2, 0) is 4.79 Å². The maximum atomic E-state index is 16.3. The highest BCUT2D eigenvalue weighted by Crippen LogP contribution is 2.36. The van der Waals surface area contributed by atoms with Gasteiger partial charge in [-0.1, -0.05) is 57.3 Å². The number of amides is 1. The Morgan fingerprint density at radius 2 is 2.00 bits per heavy atom. The second-order valence-electron chi connectivity index (χ2n) is 10.6. The molecule has 9 heteroatoms. The first-order valence-electron chi connectivity index (χ1n) is 16.0. The summed E-state index contributed by atoms with van der Waals surface area (Å²) in [4.78, 5) is 38.4. The zero-order chi connectivity index (χ0) is 34.4. The number of fused-ring (bicyclic) bond motifs is 1. The molecule has 5 rings (SSSR count). The van der Waals surface area contributed by atoms with Crippen molar-refractivity contribution in [3.05, 3.63) is 101 Å². The number of carbonyl (C=O) groups is 1. The second-order valence-corrected chi connectivity index (χ2v) is 10.6. The van der Waals surface area contributed by atoms with Gasteiger partial charge in [-0.05, 0) is 54.6 Å². The normalized spacial score (nSPS) is 17.3. The van der Waals surface area contributed by atoms with Crippen LogP contribution in [0.4, 0.5) is 14.6 Å². The summed E-state index contributed by atoms with van der Waals surface area (Å²) in [6.07, 6.45) is 2.64. The van der Waals surface area contributed by atoms with Crippen LogP contribution in [0.3, 0.4) is 0 Å². The molecule has 216 valence electrons. The average Bonchev–Trinajstić information content (AvgIpc) is 2.99. The molecule has 0 bridgehead atoms. The molecule has 42 heavy (non-hydrogen) atoms. The molecule has 1 atom stereocenters. The van der Waals surface area contributed by atoms with E-state index in [-0.39, 0.29) is 59.1 Å². The predicted molar refractivity (Wildman–Crippen MR) is 163 cm³/mol. The first-order valence-corrected chi connectivity index (χ1v) is 13.5. The van der Waals surface area contributed by atoms with Gasteiger partial charge >= 0.3 is 5.69 Å². The Morgan fingerprint density at radius 3 is 2.69 bits per heavy atom. The quantitative estimate of drug-likeness (QED) is 0.257. The summed E-state index contributed by atoms with van der Waals surface area (Å²) in [5.74, 6) is -2.82. The standard InChI is InChI=1S/C33H33F2N5O2/c1-7-23-10-8-9-11-24(23)25-17-28-26(16-27(25)35)31(39-15-14-38(18-21(39)5)32(41)22(6)34)37-33(42)40(28)30-20(4)12-13-36-29(30)19(2)3/h7-13,16-17,19,21H,1,6,14-15,18H2,2-5H3/t21-/m0/s1/i1D2,4D3. The molecule has 1 fully saturated rings. The third-order valence-electron chi connectivity index (χ3n) is 7.51. The number of aryl methyl sites for hydroxylation is 1. The van der Waals surface area contributed by atoms with Crippen molar-refractivity contribution in [1.82, 2.24) is 19.4 Å². The zero-order valence-corrected chi connectivity index (χ0v) is 23.5. The predicted octanol–water partition coefficient (Wildman–Crippen LogP) is 6.18. The van der Waals surface area contributed by atoms with E-state index in [9.17, 15) is 14.0 Å². The first-order chi connectivity index (χ1) is 22.1. The van der Waals surface area contributed by atoms with Gasteiger partial charge < -0.3 is 9.80 Å². The fraction of sp³-hybridized carbons (Fsp3) is 0.273. The summed E-state index contributed by atoms with van der Waals surface area (Å²) in [5, 5.41) is 0.192. The Kier molecular flexibility index (Phi) is 6.19. The molecule has 4 aromatic rings. The highest BCUT2D eigenvalue weighted by atomic mass is 19.1. The van der Waals surface area contributed by atoms with Crippen molar-refractivity contribution in [3.8, 4) is 16.8 Å². The van der Waals surface area contributed by atoms with Gasteiger partial charge in [0.1, 0.15) is 11.6 Å². The van der Waals surface area contributed by atoms with Crippen LogP contribution in [-0.4, -0.2) is 51.0 Å². The summed E-state index contributed by atoms with van der Waals surface area (Å²) in [6, 6.07) is 10.1. The smallest absolute Gasteiger partial charge is 0.350 e. The molecule has 2 aromatic carbocycles. The van der Waals surface area contributed by atoms with Crippen molar-refractivity contribution in [2.75, 3.05) is 24.5 Å². The molecule has 3 heterocycles. The van der Waals surface area contributed by atoms with Gasteiger partial charge in [0.05, 0.1) is 19.6 Å². The van der Waals surface area contributed by atoms with E-state index < -0.39 is 42.7 Å². The van der Waals surface area contributed by atoms with Gasteiger partial charge in [-0.2, -0.15) is 4.98 Å². The maximum Gasteiger partial charge on any atom is 0.354 e. The van der Waals surface area contributed by atoms with Crippen LogP contribution < -0.4 is 10.6 Å². The molecule has 0 radical (unpaired) electrons. The van der Waals surface area contributed by atoms with E-state index in [1.54, 1.807) is 36.1 Å². The van der Waals surface area contributed by atoms with Crippen molar-refractivity contribution in [2.45, 2.75) is 39.6 Å². The summed E-state index contributed by atoms with van der Waals surface area (Å²) in [6.45, 7) is 5.64. The average molecular weight is 575 g/mol. The molecule has 7 nitrogen and oxygen atoms in total. The van der Waals surface area contributed by atoms with Crippen LogP contribution in [0.1, 0.15) is 50.4 Å². The summed E-state index contributed by atoms with van der Waals surface area (Å²) in [7, 11) is 0. The number of benzene rings is 2. The molecule has 0 unspecified atom stereocenters. The van der Waals surface area contributed by atoms with Crippen molar-refractivity contribution in [3.63, 3.8) is 0 Å². The Hall–Kier alpha value is -4.66. The topological polar surface area (TPSA) is 71.3 Å². The van der Waals surface area contributed by atoms with Crippen LogP contribution >= 0.6 is 0 Å². The van der Waals surface area contributed by atoms with Crippen molar-refractivity contribution in [2.24, 2.45) is 0 Å². The summed E-state index contributed by atoms with van der Waals surface area (Å²) < 4.78 is 71.3. The van der Waals surface area contributed by atoms with Crippen molar-refractivity contribution >= 4 is 28.7 Å². The number of carbonyl (C=O) groups excluding carboxylic acids is 1. The Labute approximate surface area is 250 Å². The van der Waals surface area contributed by atoms with Crippen LogP contribution in [0.15, 0.2) is 72.4 Å². The van der Waals surface area contributed by atoms with Crippen molar-refractivity contribution < 1.29 is 20.4 Å². The number of halogens is 2. The van der Waals surface area contributed by atoms with Gasteiger partial charge in [0.2, 0.25) is 0 Å². The van der Waals surface area contributed by atoms with Crippen LogP contribution in [0.5, 0.6) is 0 Å². The first kappa shape index (κ1) is 23.0. The van der Waals surface area contributed by atoms with E-state index in [4.69, 9.17) is 6.85 Å². The van der Waals surface area contributed by atoms with Gasteiger partial charge in [-0.15, -0.1) is 0 Å². The SMILES string of the molecule is [2H]C([2H])=Cc1ccccc1-c1cc2c(cc1F)c(N1CCN(C(=O)C(=C)F)C[C@@H]1C)nc(=O)n2-c1c(C([2H])([2H])[2H])ccnc1C(C)C. The molecule has 2 aromatic heterocycles. The molecule has 1 saturated heterocycles. The lowest BCUT2D eigenvalue weighted by molar-refractivity contribution is -0.129. The van der Waals surface area contributed by atoms with Gasteiger partial charge in [0, 0.05) is 46.9 Å². The third kappa shape index (κ3) is 5.00. The van der Waals surface area contributed by atoms with E-state index in [0.29, 0.717) is 16.8 Å². The summed E-state index contributed by atoms with van der Waals surface area (Å²) in [5.41, 5.74) is 0.313. The highest BCUT2D eigenvalue weighted by molar-refractivity contribution is 5.95. The number of piperazine rings is 1. The van der Waals surface area contributed by atoms with Crippen molar-refractivity contribution in [1.29, 1.82) is 0 Å². The van der Waals surface area contributed by atoms with Gasteiger partial charge in [-0.3, -0.25) is 14.3 Å². The van der Waals surface area contributed by atoms with Crippen LogP contribution in [0.2, 0.25) is 0 Å².